The van der Waals surface area contributed by atoms with Crippen LogP contribution in [-0.2, 0) is 28.7 Å². The van der Waals surface area contributed by atoms with Gasteiger partial charge in [-0.15, -0.1) is 6.58 Å². The number of nitrogens with zero attached hydrogens (tertiary/aromatic N) is 3. The molecule has 0 aliphatic rings. The van der Waals surface area contributed by atoms with Gasteiger partial charge in [-0.05, 0) is 48.0 Å². The summed E-state index contributed by atoms with van der Waals surface area (Å²) in [5.74, 6) is -0.249. The van der Waals surface area contributed by atoms with Crippen LogP contribution in [0.25, 0.3) is 0 Å². The zero-order valence-electron chi connectivity index (χ0n) is 19.3. The van der Waals surface area contributed by atoms with E-state index in [-0.39, 0.29) is 22.6 Å². The first-order chi connectivity index (χ1) is 16.2. The zero-order valence-corrected chi connectivity index (χ0v) is 20.9. The first kappa shape index (κ1) is 25.6. The summed E-state index contributed by atoms with van der Waals surface area (Å²) < 4.78 is 41.5. The number of hydrogen-bond acceptors (Lipinski definition) is 4. The van der Waals surface area contributed by atoms with Gasteiger partial charge < -0.3 is 14.8 Å². The average Bonchev–Trinajstić information content (AvgIpc) is 3.18. The highest BCUT2D eigenvalue weighted by Crippen LogP contribution is 2.21. The molecule has 3 aromatic rings. The van der Waals surface area contributed by atoms with Gasteiger partial charge in [0.25, 0.3) is 0 Å². The van der Waals surface area contributed by atoms with E-state index in [1.165, 1.54) is 12.1 Å². The highest BCUT2D eigenvalue weighted by molar-refractivity contribution is 7.90. The van der Waals surface area contributed by atoms with Crippen LogP contribution in [0.3, 0.4) is 0 Å². The largest absolute Gasteiger partial charge is 0.339 e. The van der Waals surface area contributed by atoms with Gasteiger partial charge >= 0.3 is 0 Å². The number of anilines is 1. The minimum Gasteiger partial charge on any atom is -0.339 e. The van der Waals surface area contributed by atoms with Crippen LogP contribution in [0, 0.1) is 11.7 Å². The molecule has 180 valence electrons. The molecular weight excluding hydrogens is 471 g/mol. The highest BCUT2D eigenvalue weighted by atomic mass is 32.2. The van der Waals surface area contributed by atoms with E-state index in [9.17, 15) is 12.8 Å². The van der Waals surface area contributed by atoms with Crippen molar-refractivity contribution < 1.29 is 12.8 Å². The minimum absolute atomic E-state index is 0.0519. The molecule has 34 heavy (non-hydrogen) atoms. The van der Waals surface area contributed by atoms with Crippen molar-refractivity contribution in [1.82, 2.24) is 14.5 Å². The fraction of sp³-hybridized carbons (Fsp3) is 0.280. The van der Waals surface area contributed by atoms with Crippen LogP contribution in [0.4, 0.5) is 10.1 Å². The van der Waals surface area contributed by atoms with Gasteiger partial charge in [0.05, 0.1) is 24.2 Å². The number of aromatic nitrogens is 2. The van der Waals surface area contributed by atoms with Crippen molar-refractivity contribution in [2.24, 2.45) is 5.92 Å². The Morgan fingerprint density at radius 2 is 1.88 bits per heavy atom. The Balaban J connectivity index is 1.88. The first-order valence-electron chi connectivity index (χ1n) is 10.9. The number of hydrogen-bond donors (Lipinski definition) is 1. The van der Waals surface area contributed by atoms with E-state index < -0.39 is 9.84 Å². The summed E-state index contributed by atoms with van der Waals surface area (Å²) in [7, 11) is -3.66. The summed E-state index contributed by atoms with van der Waals surface area (Å²) in [5.41, 5.74) is 2.09. The van der Waals surface area contributed by atoms with Gasteiger partial charge in [-0.1, -0.05) is 50.3 Å². The summed E-state index contributed by atoms with van der Waals surface area (Å²) in [5, 5.41) is 3.57. The van der Waals surface area contributed by atoms with Gasteiger partial charge in [0.15, 0.2) is 5.11 Å². The van der Waals surface area contributed by atoms with Crippen LogP contribution in [-0.4, -0.2) is 34.5 Å². The van der Waals surface area contributed by atoms with Crippen molar-refractivity contribution in [3.63, 3.8) is 0 Å². The Kier molecular flexibility index (Phi) is 8.57. The maximum absolute atomic E-state index is 13.2. The van der Waals surface area contributed by atoms with E-state index in [4.69, 9.17) is 12.2 Å². The van der Waals surface area contributed by atoms with E-state index in [0.29, 0.717) is 36.0 Å². The van der Waals surface area contributed by atoms with Crippen LogP contribution in [0.1, 0.15) is 25.1 Å². The average molecular weight is 501 g/mol. The summed E-state index contributed by atoms with van der Waals surface area (Å²) in [4.78, 5) is 6.17. The third kappa shape index (κ3) is 6.74. The second-order valence-electron chi connectivity index (χ2n) is 8.39. The number of halogens is 1. The number of rotatable bonds is 10. The van der Waals surface area contributed by atoms with Crippen molar-refractivity contribution in [2.75, 3.05) is 11.9 Å². The number of thiocarbonyl (C=S) groups is 1. The van der Waals surface area contributed by atoms with Crippen LogP contribution >= 0.6 is 12.2 Å². The lowest BCUT2D eigenvalue weighted by Gasteiger charge is -2.25. The second-order valence-corrected chi connectivity index (χ2v) is 10.7. The molecule has 0 spiro atoms. The van der Waals surface area contributed by atoms with Crippen molar-refractivity contribution in [2.45, 2.75) is 37.8 Å². The van der Waals surface area contributed by atoms with Gasteiger partial charge in [-0.3, -0.25) is 0 Å². The fourth-order valence-electron chi connectivity index (χ4n) is 3.49. The van der Waals surface area contributed by atoms with Crippen molar-refractivity contribution in [1.29, 1.82) is 0 Å². The molecule has 1 heterocycles. The van der Waals surface area contributed by atoms with E-state index in [1.54, 1.807) is 41.1 Å². The molecule has 0 amide bonds. The van der Waals surface area contributed by atoms with Crippen LogP contribution in [0.2, 0.25) is 0 Å². The standard InChI is InChI=1S/C25H29FN4O2S2/c1-4-14-29(24(33)28-22-12-10-21(26)11-13-22)17-23-15-27-25(30(23)16-19(2)3)34(31,32)18-20-8-6-5-7-9-20/h4-13,15,19H,1,14,16-18H2,2-3H3,(H,28,33). The highest BCUT2D eigenvalue weighted by Gasteiger charge is 2.25. The lowest BCUT2D eigenvalue weighted by Crippen LogP contribution is -2.35. The number of sulfone groups is 1. The molecule has 3 rings (SSSR count). The molecule has 1 N–H and O–H groups in total. The van der Waals surface area contributed by atoms with E-state index in [1.807, 2.05) is 36.9 Å². The molecular formula is C25H29FN4O2S2. The smallest absolute Gasteiger partial charge is 0.228 e. The minimum atomic E-state index is -3.66. The Morgan fingerprint density at radius 3 is 2.50 bits per heavy atom. The zero-order chi connectivity index (χ0) is 24.7. The Hall–Kier alpha value is -3.04. The number of nitrogens with one attached hydrogen (secondary N) is 1. The fourth-order valence-corrected chi connectivity index (χ4v) is 5.25. The maximum atomic E-state index is 13.2. The van der Waals surface area contributed by atoms with E-state index >= 15 is 0 Å². The van der Waals surface area contributed by atoms with Crippen LogP contribution in [0.15, 0.2) is 78.6 Å². The van der Waals surface area contributed by atoms with Crippen LogP contribution < -0.4 is 5.32 Å². The molecule has 2 aromatic carbocycles. The van der Waals surface area contributed by atoms with Gasteiger partial charge in [0, 0.05) is 18.8 Å². The number of benzene rings is 2. The van der Waals surface area contributed by atoms with Gasteiger partial charge in [0.2, 0.25) is 15.0 Å². The third-order valence-electron chi connectivity index (χ3n) is 5.01. The lowest BCUT2D eigenvalue weighted by molar-refractivity contribution is 0.414. The van der Waals surface area contributed by atoms with Gasteiger partial charge in [0.1, 0.15) is 5.82 Å². The summed E-state index contributed by atoms with van der Waals surface area (Å²) in [6, 6.07) is 15.0. The van der Waals surface area contributed by atoms with Crippen LogP contribution in [0.5, 0.6) is 0 Å². The Labute approximate surface area is 206 Å². The van der Waals surface area contributed by atoms with Crippen molar-refractivity contribution >= 4 is 32.9 Å². The van der Waals surface area contributed by atoms with E-state index in [0.717, 1.165) is 5.69 Å². The molecule has 0 aliphatic heterocycles. The van der Waals surface area contributed by atoms with Gasteiger partial charge in [-0.25, -0.2) is 17.8 Å². The molecule has 0 saturated carbocycles. The summed E-state index contributed by atoms with van der Waals surface area (Å²) >= 11 is 5.58. The summed E-state index contributed by atoms with van der Waals surface area (Å²) in [6.07, 6.45) is 3.31. The molecule has 0 aliphatic carbocycles. The molecule has 6 nitrogen and oxygen atoms in total. The molecule has 1 aromatic heterocycles. The predicted octanol–water partition coefficient (Wildman–Crippen LogP) is 5.04. The SMILES string of the molecule is C=CCN(Cc1cnc(S(=O)(=O)Cc2ccccc2)n1CC(C)C)C(=S)Nc1ccc(F)cc1. The number of imidazole rings is 1. The normalized spacial score (nSPS) is 11.4. The monoisotopic (exact) mass is 500 g/mol. The predicted molar refractivity (Wildman–Crippen MR) is 138 cm³/mol. The molecule has 0 bridgehead atoms. The Bertz CT molecular complexity index is 1220. The third-order valence-corrected chi connectivity index (χ3v) is 6.97. The molecule has 0 unspecified atom stereocenters. The molecule has 9 heteroatoms. The van der Waals surface area contributed by atoms with Crippen molar-refractivity contribution in [3.05, 3.63) is 90.5 Å². The van der Waals surface area contributed by atoms with E-state index in [2.05, 4.69) is 16.9 Å². The topological polar surface area (TPSA) is 67.2 Å². The Morgan fingerprint density at radius 1 is 1.21 bits per heavy atom. The first-order valence-corrected chi connectivity index (χ1v) is 13.0. The second kappa shape index (κ2) is 11.4. The maximum Gasteiger partial charge on any atom is 0.228 e. The molecule has 0 atom stereocenters. The molecule has 0 radical (unpaired) electrons. The lowest BCUT2D eigenvalue weighted by atomic mass is 10.2. The van der Waals surface area contributed by atoms with Gasteiger partial charge in [-0.2, -0.15) is 0 Å². The summed E-state index contributed by atoms with van der Waals surface area (Å²) in [6.45, 7) is 9.13. The molecule has 0 fully saturated rings. The van der Waals surface area contributed by atoms with Crippen molar-refractivity contribution in [3.8, 4) is 0 Å². The quantitative estimate of drug-likeness (QED) is 0.311. The molecule has 0 saturated heterocycles.